The molecule has 1 saturated heterocycles. The van der Waals surface area contributed by atoms with Gasteiger partial charge in [-0.05, 0) is 50.8 Å². The van der Waals surface area contributed by atoms with E-state index in [1.165, 1.54) is 0 Å². The lowest BCUT2D eigenvalue weighted by molar-refractivity contribution is 0.317. The van der Waals surface area contributed by atoms with Crippen molar-refractivity contribution in [2.24, 2.45) is 0 Å². The third-order valence-electron chi connectivity index (χ3n) is 5.66. The Kier molecular flexibility index (Phi) is 5.36. The van der Waals surface area contributed by atoms with Crippen molar-refractivity contribution in [2.75, 3.05) is 23.7 Å². The van der Waals surface area contributed by atoms with E-state index in [0.29, 0.717) is 17.4 Å². The van der Waals surface area contributed by atoms with Crippen LogP contribution in [0.1, 0.15) is 39.2 Å². The highest BCUT2D eigenvalue weighted by atomic mass is 15.2. The van der Waals surface area contributed by atoms with Crippen LogP contribution in [-0.2, 0) is 0 Å². The van der Waals surface area contributed by atoms with Gasteiger partial charge in [-0.15, -0.1) is 0 Å². The summed E-state index contributed by atoms with van der Waals surface area (Å²) in [6.07, 6.45) is 2.05. The molecule has 30 heavy (non-hydrogen) atoms. The topological polar surface area (TPSA) is 78.0 Å². The van der Waals surface area contributed by atoms with Crippen LogP contribution in [0, 0.1) is 11.3 Å². The molecule has 0 atom stereocenters. The zero-order valence-corrected chi connectivity index (χ0v) is 17.9. The number of benzene rings is 2. The van der Waals surface area contributed by atoms with Gasteiger partial charge >= 0.3 is 0 Å². The summed E-state index contributed by atoms with van der Waals surface area (Å²) in [5.41, 5.74) is 10.8. The van der Waals surface area contributed by atoms with Crippen LogP contribution in [0.4, 0.5) is 11.5 Å². The highest BCUT2D eigenvalue weighted by Gasteiger charge is 2.27. The SMILES string of the molecule is CC(C)(C)NC1CCN(c2c(C#N)c(N)nc3cccc(-c4ccccc4)c23)CC1. The molecule has 1 aliphatic heterocycles. The molecule has 0 bridgehead atoms. The number of hydrogen-bond acceptors (Lipinski definition) is 5. The lowest BCUT2D eigenvalue weighted by atomic mass is 9.95. The molecular weight excluding hydrogens is 370 g/mol. The molecule has 0 unspecified atom stereocenters. The van der Waals surface area contributed by atoms with Gasteiger partial charge in [0, 0.05) is 30.1 Å². The molecule has 3 aromatic rings. The van der Waals surface area contributed by atoms with Crippen LogP contribution < -0.4 is 16.0 Å². The highest BCUT2D eigenvalue weighted by molar-refractivity contribution is 6.06. The summed E-state index contributed by atoms with van der Waals surface area (Å²) in [5, 5.41) is 14.7. The molecule has 2 aromatic carbocycles. The maximum Gasteiger partial charge on any atom is 0.144 e. The van der Waals surface area contributed by atoms with E-state index in [4.69, 9.17) is 5.73 Å². The van der Waals surface area contributed by atoms with E-state index in [9.17, 15) is 5.26 Å². The molecule has 1 aromatic heterocycles. The first-order valence-corrected chi connectivity index (χ1v) is 10.6. The van der Waals surface area contributed by atoms with Crippen molar-refractivity contribution in [1.29, 1.82) is 5.26 Å². The predicted octanol–water partition coefficient (Wildman–Crippen LogP) is 4.71. The Morgan fingerprint density at radius 3 is 2.40 bits per heavy atom. The highest BCUT2D eigenvalue weighted by Crippen LogP contribution is 2.40. The minimum atomic E-state index is 0.0962. The Hall–Kier alpha value is -3.10. The van der Waals surface area contributed by atoms with Gasteiger partial charge in [-0.2, -0.15) is 5.26 Å². The second-order valence-corrected chi connectivity index (χ2v) is 9.05. The monoisotopic (exact) mass is 399 g/mol. The molecule has 154 valence electrons. The lowest BCUT2D eigenvalue weighted by Gasteiger charge is -2.38. The van der Waals surface area contributed by atoms with Crippen molar-refractivity contribution in [1.82, 2.24) is 10.3 Å². The van der Waals surface area contributed by atoms with E-state index in [-0.39, 0.29) is 5.54 Å². The molecule has 5 nitrogen and oxygen atoms in total. The normalized spacial score (nSPS) is 15.3. The summed E-state index contributed by atoms with van der Waals surface area (Å²) in [6.45, 7) is 8.37. The van der Waals surface area contributed by atoms with Crippen LogP contribution in [0.15, 0.2) is 48.5 Å². The Morgan fingerprint density at radius 2 is 1.77 bits per heavy atom. The number of nitrogens with two attached hydrogens (primary N) is 1. The van der Waals surface area contributed by atoms with Crippen molar-refractivity contribution in [3.8, 4) is 17.2 Å². The van der Waals surface area contributed by atoms with Gasteiger partial charge in [-0.3, -0.25) is 0 Å². The maximum absolute atomic E-state index is 9.95. The summed E-state index contributed by atoms with van der Waals surface area (Å²) in [7, 11) is 0. The van der Waals surface area contributed by atoms with E-state index in [0.717, 1.165) is 53.6 Å². The molecule has 0 aliphatic carbocycles. The second-order valence-electron chi connectivity index (χ2n) is 9.05. The van der Waals surface area contributed by atoms with Gasteiger partial charge in [0.25, 0.3) is 0 Å². The Bertz CT molecular complexity index is 1080. The standard InChI is InChI=1S/C25H29N5/c1-25(2,3)29-18-12-14-30(15-13-18)23-20(16-26)24(27)28-21-11-7-10-19(22(21)23)17-8-5-4-6-9-17/h4-11,18,29H,12-15H2,1-3H3,(H2,27,28). The summed E-state index contributed by atoms with van der Waals surface area (Å²) in [6, 6.07) is 19.2. The van der Waals surface area contributed by atoms with Crippen LogP contribution >= 0.6 is 0 Å². The van der Waals surface area contributed by atoms with Gasteiger partial charge in [0.1, 0.15) is 17.5 Å². The number of rotatable bonds is 3. The number of aromatic nitrogens is 1. The zero-order valence-electron chi connectivity index (χ0n) is 17.9. The van der Waals surface area contributed by atoms with Gasteiger partial charge in [-0.25, -0.2) is 4.98 Å². The summed E-state index contributed by atoms with van der Waals surface area (Å²) in [4.78, 5) is 6.89. The number of nitriles is 1. The maximum atomic E-state index is 9.95. The van der Waals surface area contributed by atoms with Crippen molar-refractivity contribution >= 4 is 22.4 Å². The van der Waals surface area contributed by atoms with Crippen LogP contribution in [0.2, 0.25) is 0 Å². The first-order chi connectivity index (χ1) is 14.4. The molecular formula is C25H29N5. The molecule has 3 N–H and O–H groups in total. The van der Waals surface area contributed by atoms with Crippen molar-refractivity contribution < 1.29 is 0 Å². The molecule has 4 rings (SSSR count). The molecule has 0 amide bonds. The first-order valence-electron chi connectivity index (χ1n) is 10.6. The molecule has 2 heterocycles. The quantitative estimate of drug-likeness (QED) is 0.667. The number of nitrogens with zero attached hydrogens (tertiary/aromatic N) is 3. The summed E-state index contributed by atoms with van der Waals surface area (Å²) < 4.78 is 0. The van der Waals surface area contributed by atoms with Crippen molar-refractivity contribution in [3.05, 3.63) is 54.1 Å². The van der Waals surface area contributed by atoms with Crippen LogP contribution in [0.3, 0.4) is 0 Å². The van der Waals surface area contributed by atoms with Crippen molar-refractivity contribution in [2.45, 2.75) is 45.2 Å². The lowest BCUT2D eigenvalue weighted by Crippen LogP contribution is -2.49. The second kappa shape index (κ2) is 7.97. The first kappa shape index (κ1) is 20.2. The van der Waals surface area contributed by atoms with E-state index in [1.807, 2.05) is 30.3 Å². The molecule has 1 aliphatic rings. The van der Waals surface area contributed by atoms with Crippen LogP contribution in [0.25, 0.3) is 22.0 Å². The van der Waals surface area contributed by atoms with Crippen molar-refractivity contribution in [3.63, 3.8) is 0 Å². The Balaban J connectivity index is 1.82. The van der Waals surface area contributed by atoms with E-state index in [2.05, 4.69) is 60.2 Å². The average molecular weight is 400 g/mol. The summed E-state index contributed by atoms with van der Waals surface area (Å²) >= 11 is 0. The number of hydrogen-bond donors (Lipinski definition) is 2. The van der Waals surface area contributed by atoms with E-state index >= 15 is 0 Å². The van der Waals surface area contributed by atoms with Crippen LogP contribution in [-0.4, -0.2) is 29.7 Å². The zero-order chi connectivity index (χ0) is 21.3. The van der Waals surface area contributed by atoms with Crippen LogP contribution in [0.5, 0.6) is 0 Å². The minimum Gasteiger partial charge on any atom is -0.383 e. The van der Waals surface area contributed by atoms with Gasteiger partial charge < -0.3 is 16.0 Å². The fourth-order valence-corrected chi connectivity index (χ4v) is 4.46. The molecule has 5 heteroatoms. The predicted molar refractivity (Wildman–Crippen MR) is 124 cm³/mol. The smallest absolute Gasteiger partial charge is 0.144 e. The minimum absolute atomic E-state index is 0.0962. The fraction of sp³-hybridized carbons (Fsp3) is 0.360. The average Bonchev–Trinajstić information content (AvgIpc) is 2.72. The van der Waals surface area contributed by atoms with Gasteiger partial charge in [0.2, 0.25) is 0 Å². The number of nitrogens with one attached hydrogen (secondary N) is 1. The molecule has 0 radical (unpaired) electrons. The van der Waals surface area contributed by atoms with E-state index < -0.39 is 0 Å². The number of nitrogen functional groups attached to an aromatic ring is 1. The number of pyridine rings is 1. The number of piperidine rings is 1. The largest absolute Gasteiger partial charge is 0.383 e. The fourth-order valence-electron chi connectivity index (χ4n) is 4.46. The van der Waals surface area contributed by atoms with E-state index in [1.54, 1.807) is 0 Å². The van der Waals surface area contributed by atoms with Gasteiger partial charge in [0.05, 0.1) is 11.2 Å². The third-order valence-corrected chi connectivity index (χ3v) is 5.66. The summed E-state index contributed by atoms with van der Waals surface area (Å²) in [5.74, 6) is 0.306. The Labute approximate surface area is 178 Å². The molecule has 0 spiro atoms. The van der Waals surface area contributed by atoms with Gasteiger partial charge in [0.15, 0.2) is 0 Å². The number of anilines is 2. The molecule has 0 saturated carbocycles. The third kappa shape index (κ3) is 3.96. The Morgan fingerprint density at radius 1 is 1.07 bits per heavy atom. The number of fused-ring (bicyclic) bond motifs is 1. The van der Waals surface area contributed by atoms with Gasteiger partial charge in [-0.1, -0.05) is 42.5 Å². The molecule has 1 fully saturated rings.